The number of H-pyrrole nitrogens is 1. The van der Waals surface area contributed by atoms with Gasteiger partial charge in [-0.05, 0) is 43.9 Å². The fourth-order valence-corrected chi connectivity index (χ4v) is 3.82. The third-order valence-corrected chi connectivity index (χ3v) is 5.27. The van der Waals surface area contributed by atoms with Crippen LogP contribution in [0.2, 0.25) is 0 Å². The number of hydrogen-bond donors (Lipinski definition) is 2. The normalized spacial score (nSPS) is 17.5. The number of amides is 2. The SMILES string of the molecule is Cc1cc(CNC(=O)C2CC(=O)N(CC(C)C)C2)c2[nH]c(C)c(C)c2c1. The number of aromatic amines is 1. The zero-order valence-corrected chi connectivity index (χ0v) is 16.4. The highest BCUT2D eigenvalue weighted by molar-refractivity contribution is 5.90. The number of rotatable bonds is 5. The Hall–Kier alpha value is -2.30. The van der Waals surface area contributed by atoms with Crippen LogP contribution in [0.5, 0.6) is 0 Å². The van der Waals surface area contributed by atoms with E-state index in [1.54, 1.807) is 0 Å². The number of nitrogens with one attached hydrogen (secondary N) is 2. The smallest absolute Gasteiger partial charge is 0.225 e. The van der Waals surface area contributed by atoms with Crippen LogP contribution in [0, 0.1) is 32.6 Å². The van der Waals surface area contributed by atoms with E-state index < -0.39 is 0 Å². The number of carbonyl (C=O) groups excluding carboxylic acids is 2. The van der Waals surface area contributed by atoms with Gasteiger partial charge in [-0.15, -0.1) is 0 Å². The first-order valence-corrected chi connectivity index (χ1v) is 9.40. The number of benzene rings is 1. The van der Waals surface area contributed by atoms with Crippen LogP contribution < -0.4 is 5.32 Å². The van der Waals surface area contributed by atoms with E-state index in [0.29, 0.717) is 25.4 Å². The summed E-state index contributed by atoms with van der Waals surface area (Å²) >= 11 is 0. The molecule has 1 atom stereocenters. The topological polar surface area (TPSA) is 65.2 Å². The van der Waals surface area contributed by atoms with Crippen molar-refractivity contribution in [3.8, 4) is 0 Å². The van der Waals surface area contributed by atoms with Gasteiger partial charge in [-0.1, -0.05) is 25.5 Å². The molecule has 0 bridgehead atoms. The summed E-state index contributed by atoms with van der Waals surface area (Å²) in [6.07, 6.45) is 0.322. The minimum atomic E-state index is -0.242. The van der Waals surface area contributed by atoms with Crippen molar-refractivity contribution < 1.29 is 9.59 Å². The van der Waals surface area contributed by atoms with Crippen molar-refractivity contribution in [2.45, 2.75) is 47.6 Å². The second-order valence-electron chi connectivity index (χ2n) is 8.03. The number of nitrogens with zero attached hydrogens (tertiary/aromatic N) is 1. The summed E-state index contributed by atoms with van der Waals surface area (Å²) in [5.74, 6) is 0.237. The summed E-state index contributed by atoms with van der Waals surface area (Å²) in [6, 6.07) is 4.29. The van der Waals surface area contributed by atoms with Crippen molar-refractivity contribution in [3.63, 3.8) is 0 Å². The number of carbonyl (C=O) groups is 2. The van der Waals surface area contributed by atoms with Crippen molar-refractivity contribution in [2.75, 3.05) is 13.1 Å². The molecular formula is C21H29N3O2. The summed E-state index contributed by atoms with van der Waals surface area (Å²) in [5.41, 5.74) is 5.77. The lowest BCUT2D eigenvalue weighted by molar-refractivity contribution is -0.129. The van der Waals surface area contributed by atoms with Crippen LogP contribution in [0.25, 0.3) is 10.9 Å². The first kappa shape index (κ1) is 18.5. The van der Waals surface area contributed by atoms with Crippen molar-refractivity contribution in [1.29, 1.82) is 0 Å². The molecule has 1 aromatic heterocycles. The largest absolute Gasteiger partial charge is 0.358 e. The third-order valence-electron chi connectivity index (χ3n) is 5.27. The molecule has 1 fully saturated rings. The van der Waals surface area contributed by atoms with E-state index in [0.717, 1.165) is 23.3 Å². The van der Waals surface area contributed by atoms with Crippen LogP contribution in [0.1, 0.15) is 42.7 Å². The van der Waals surface area contributed by atoms with Crippen molar-refractivity contribution >= 4 is 22.7 Å². The van der Waals surface area contributed by atoms with Crippen molar-refractivity contribution in [3.05, 3.63) is 34.5 Å². The van der Waals surface area contributed by atoms with Gasteiger partial charge >= 0.3 is 0 Å². The minimum Gasteiger partial charge on any atom is -0.358 e. The maximum Gasteiger partial charge on any atom is 0.225 e. The van der Waals surface area contributed by atoms with Crippen molar-refractivity contribution in [2.24, 2.45) is 11.8 Å². The van der Waals surface area contributed by atoms with Crippen LogP contribution in [0.4, 0.5) is 0 Å². The van der Waals surface area contributed by atoms with Gasteiger partial charge in [0, 0.05) is 37.1 Å². The lowest BCUT2D eigenvalue weighted by Crippen LogP contribution is -2.33. The van der Waals surface area contributed by atoms with Crippen LogP contribution in [-0.4, -0.2) is 34.8 Å². The van der Waals surface area contributed by atoms with E-state index in [1.165, 1.54) is 16.5 Å². The fraction of sp³-hybridized carbons (Fsp3) is 0.524. The molecule has 3 rings (SSSR count). The highest BCUT2D eigenvalue weighted by Gasteiger charge is 2.34. The van der Waals surface area contributed by atoms with Crippen LogP contribution >= 0.6 is 0 Å². The summed E-state index contributed by atoms with van der Waals surface area (Å²) in [5, 5.41) is 4.26. The summed E-state index contributed by atoms with van der Waals surface area (Å²) in [4.78, 5) is 29.9. The number of likely N-dealkylation sites (tertiary alicyclic amines) is 1. The van der Waals surface area contributed by atoms with Gasteiger partial charge in [-0.2, -0.15) is 0 Å². The maximum atomic E-state index is 12.6. The van der Waals surface area contributed by atoms with Gasteiger partial charge in [0.1, 0.15) is 0 Å². The molecule has 0 radical (unpaired) electrons. The van der Waals surface area contributed by atoms with Gasteiger partial charge in [0.15, 0.2) is 0 Å². The first-order valence-electron chi connectivity index (χ1n) is 9.40. The van der Waals surface area contributed by atoms with Crippen molar-refractivity contribution in [1.82, 2.24) is 15.2 Å². The molecule has 0 spiro atoms. The molecule has 26 heavy (non-hydrogen) atoms. The molecule has 1 unspecified atom stereocenters. The fourth-order valence-electron chi connectivity index (χ4n) is 3.82. The summed E-state index contributed by atoms with van der Waals surface area (Å²) in [7, 11) is 0. The Balaban J connectivity index is 1.70. The number of aryl methyl sites for hydroxylation is 3. The Bertz CT molecular complexity index is 851. The molecule has 1 aromatic carbocycles. The van der Waals surface area contributed by atoms with E-state index in [9.17, 15) is 9.59 Å². The standard InChI is InChI=1S/C21H29N3O2/c1-12(2)10-24-11-17(8-19(24)25)21(26)22-9-16-6-13(3)7-18-14(4)15(5)23-20(16)18/h6-7,12,17,23H,8-11H2,1-5H3,(H,22,26). The summed E-state index contributed by atoms with van der Waals surface area (Å²) < 4.78 is 0. The highest BCUT2D eigenvalue weighted by Crippen LogP contribution is 2.26. The van der Waals surface area contributed by atoms with Gasteiger partial charge in [0.25, 0.3) is 0 Å². The summed E-state index contributed by atoms with van der Waals surface area (Å²) in [6.45, 7) is 12.2. The Kier molecular flexibility index (Phi) is 5.08. The lowest BCUT2D eigenvalue weighted by atomic mass is 10.0. The number of fused-ring (bicyclic) bond motifs is 1. The minimum absolute atomic E-state index is 0.0285. The number of hydrogen-bond acceptors (Lipinski definition) is 2. The Morgan fingerprint density at radius 3 is 2.73 bits per heavy atom. The number of aromatic nitrogens is 1. The highest BCUT2D eigenvalue weighted by atomic mass is 16.2. The van der Waals surface area contributed by atoms with E-state index in [4.69, 9.17) is 0 Å². The molecule has 5 heteroatoms. The second-order valence-corrected chi connectivity index (χ2v) is 8.03. The molecule has 5 nitrogen and oxygen atoms in total. The molecule has 140 valence electrons. The van der Waals surface area contributed by atoms with Gasteiger partial charge in [0.2, 0.25) is 11.8 Å². The predicted octanol–water partition coefficient (Wildman–Crippen LogP) is 3.21. The molecule has 0 saturated carbocycles. The Morgan fingerprint density at radius 1 is 1.31 bits per heavy atom. The van der Waals surface area contributed by atoms with E-state index >= 15 is 0 Å². The Labute approximate surface area is 155 Å². The molecule has 1 saturated heterocycles. The van der Waals surface area contributed by atoms with Crippen LogP contribution in [-0.2, 0) is 16.1 Å². The third kappa shape index (κ3) is 3.62. The first-order chi connectivity index (χ1) is 12.3. The van der Waals surface area contributed by atoms with E-state index in [2.05, 4.69) is 57.1 Å². The molecular weight excluding hydrogens is 326 g/mol. The zero-order chi connectivity index (χ0) is 19.0. The zero-order valence-electron chi connectivity index (χ0n) is 16.4. The van der Waals surface area contributed by atoms with Crippen LogP contribution in [0.3, 0.4) is 0 Å². The van der Waals surface area contributed by atoms with E-state index in [-0.39, 0.29) is 17.7 Å². The monoisotopic (exact) mass is 355 g/mol. The molecule has 2 heterocycles. The Morgan fingerprint density at radius 2 is 2.04 bits per heavy atom. The van der Waals surface area contributed by atoms with Gasteiger partial charge in [0.05, 0.1) is 11.4 Å². The van der Waals surface area contributed by atoms with Gasteiger partial charge in [-0.3, -0.25) is 9.59 Å². The van der Waals surface area contributed by atoms with Gasteiger partial charge < -0.3 is 15.2 Å². The van der Waals surface area contributed by atoms with E-state index in [1.807, 2.05) is 4.90 Å². The molecule has 0 aliphatic carbocycles. The second kappa shape index (κ2) is 7.14. The quantitative estimate of drug-likeness (QED) is 0.865. The predicted molar refractivity (Wildman–Crippen MR) is 104 cm³/mol. The average Bonchev–Trinajstić information content (AvgIpc) is 3.06. The maximum absolute atomic E-state index is 12.6. The molecule has 2 N–H and O–H groups in total. The van der Waals surface area contributed by atoms with Gasteiger partial charge in [-0.25, -0.2) is 0 Å². The molecule has 1 aliphatic heterocycles. The molecule has 2 aromatic rings. The van der Waals surface area contributed by atoms with Crippen LogP contribution in [0.15, 0.2) is 12.1 Å². The molecule has 2 amide bonds. The molecule has 1 aliphatic rings. The lowest BCUT2D eigenvalue weighted by Gasteiger charge is -2.18. The average molecular weight is 355 g/mol.